The SMILES string of the molecule is CC(C)CNC(=O)C(=O)N/N=C\c1ccc(OCc2ccccc2F)c(Cl)c1. The highest BCUT2D eigenvalue weighted by molar-refractivity contribution is 6.35. The van der Waals surface area contributed by atoms with Gasteiger partial charge in [-0.05, 0) is 35.7 Å². The van der Waals surface area contributed by atoms with E-state index in [1.54, 1.807) is 36.4 Å². The molecule has 28 heavy (non-hydrogen) atoms. The molecule has 0 saturated carbocycles. The Labute approximate surface area is 167 Å². The molecule has 8 heteroatoms. The molecule has 6 nitrogen and oxygen atoms in total. The van der Waals surface area contributed by atoms with Crippen molar-refractivity contribution >= 4 is 29.6 Å². The van der Waals surface area contributed by atoms with E-state index in [1.807, 2.05) is 13.8 Å². The second kappa shape index (κ2) is 10.4. The van der Waals surface area contributed by atoms with Crippen LogP contribution in [0.3, 0.4) is 0 Å². The van der Waals surface area contributed by atoms with Gasteiger partial charge in [0.1, 0.15) is 18.2 Å². The van der Waals surface area contributed by atoms with Crippen LogP contribution in [0.1, 0.15) is 25.0 Å². The standard InChI is InChI=1S/C20H21ClFN3O3/c1-13(2)10-23-19(26)20(27)25-24-11-14-7-8-18(16(21)9-14)28-12-15-5-3-4-6-17(15)22/h3-9,11,13H,10,12H2,1-2H3,(H,23,26)(H,25,27)/b24-11-. The third-order valence-corrected chi connectivity index (χ3v) is 3.85. The number of nitrogens with one attached hydrogen (secondary N) is 2. The van der Waals surface area contributed by atoms with Gasteiger partial charge in [0.05, 0.1) is 11.2 Å². The van der Waals surface area contributed by atoms with Crippen LogP contribution < -0.4 is 15.5 Å². The normalized spacial score (nSPS) is 10.9. The van der Waals surface area contributed by atoms with Gasteiger partial charge in [0.25, 0.3) is 0 Å². The molecule has 0 aliphatic heterocycles. The summed E-state index contributed by atoms with van der Waals surface area (Å²) < 4.78 is 19.2. The molecule has 148 valence electrons. The Morgan fingerprint density at radius 2 is 1.96 bits per heavy atom. The zero-order valence-electron chi connectivity index (χ0n) is 15.5. The Bertz CT molecular complexity index is 872. The monoisotopic (exact) mass is 405 g/mol. The predicted octanol–water partition coefficient (Wildman–Crippen LogP) is 3.28. The van der Waals surface area contributed by atoms with Gasteiger partial charge in [-0.15, -0.1) is 0 Å². The third-order valence-electron chi connectivity index (χ3n) is 3.55. The number of halogens is 2. The Morgan fingerprint density at radius 1 is 1.21 bits per heavy atom. The van der Waals surface area contributed by atoms with E-state index in [1.165, 1.54) is 12.3 Å². The molecule has 2 N–H and O–H groups in total. The summed E-state index contributed by atoms with van der Waals surface area (Å²) in [7, 11) is 0. The van der Waals surface area contributed by atoms with Crippen LogP contribution in [0.25, 0.3) is 0 Å². The smallest absolute Gasteiger partial charge is 0.329 e. The molecule has 0 bridgehead atoms. The van der Waals surface area contributed by atoms with E-state index in [0.29, 0.717) is 28.4 Å². The van der Waals surface area contributed by atoms with Crippen molar-refractivity contribution in [1.82, 2.24) is 10.7 Å². The number of hydrogen-bond acceptors (Lipinski definition) is 4. The van der Waals surface area contributed by atoms with Gasteiger partial charge >= 0.3 is 11.8 Å². The highest BCUT2D eigenvalue weighted by atomic mass is 35.5. The maximum Gasteiger partial charge on any atom is 0.329 e. The molecule has 2 amide bonds. The van der Waals surface area contributed by atoms with Gasteiger partial charge in [0, 0.05) is 12.1 Å². The largest absolute Gasteiger partial charge is 0.487 e. The summed E-state index contributed by atoms with van der Waals surface area (Å²) in [6.45, 7) is 4.29. The Kier molecular flexibility index (Phi) is 7.95. The highest BCUT2D eigenvalue weighted by Crippen LogP contribution is 2.26. The van der Waals surface area contributed by atoms with E-state index in [-0.39, 0.29) is 18.3 Å². The maximum atomic E-state index is 13.6. The van der Waals surface area contributed by atoms with E-state index in [2.05, 4.69) is 15.8 Å². The molecule has 0 fully saturated rings. The Hall–Kier alpha value is -2.93. The maximum absolute atomic E-state index is 13.6. The van der Waals surface area contributed by atoms with Gasteiger partial charge in [-0.25, -0.2) is 9.82 Å². The van der Waals surface area contributed by atoms with Gasteiger partial charge in [0.15, 0.2) is 0 Å². The first-order chi connectivity index (χ1) is 13.4. The summed E-state index contributed by atoms with van der Waals surface area (Å²) in [5.41, 5.74) is 3.15. The lowest BCUT2D eigenvalue weighted by Gasteiger charge is -2.09. The number of hydrogen-bond donors (Lipinski definition) is 2. The van der Waals surface area contributed by atoms with E-state index >= 15 is 0 Å². The Morgan fingerprint density at radius 3 is 2.64 bits per heavy atom. The number of carbonyl (C=O) groups is 2. The quantitative estimate of drug-likeness (QED) is 0.421. The zero-order valence-corrected chi connectivity index (χ0v) is 16.3. The minimum Gasteiger partial charge on any atom is -0.487 e. The van der Waals surface area contributed by atoms with Crippen LogP contribution in [0, 0.1) is 11.7 Å². The van der Waals surface area contributed by atoms with Crippen LogP contribution in [0.2, 0.25) is 5.02 Å². The molecule has 0 aromatic heterocycles. The first kappa shape index (κ1) is 21.4. The van der Waals surface area contributed by atoms with Crippen molar-refractivity contribution < 1.29 is 18.7 Å². The number of hydrazone groups is 1. The van der Waals surface area contributed by atoms with E-state index in [4.69, 9.17) is 16.3 Å². The van der Waals surface area contributed by atoms with Crippen LogP contribution in [-0.2, 0) is 16.2 Å². The summed E-state index contributed by atoms with van der Waals surface area (Å²) in [5, 5.41) is 6.53. The van der Waals surface area contributed by atoms with Crippen molar-refractivity contribution in [2.45, 2.75) is 20.5 Å². The van der Waals surface area contributed by atoms with E-state index in [0.717, 1.165) is 0 Å². The van der Waals surface area contributed by atoms with Crippen molar-refractivity contribution in [1.29, 1.82) is 0 Å². The molecule has 2 aromatic rings. The van der Waals surface area contributed by atoms with Gasteiger partial charge in [-0.1, -0.05) is 43.6 Å². The molecule has 0 saturated heterocycles. The fourth-order valence-electron chi connectivity index (χ4n) is 2.08. The van der Waals surface area contributed by atoms with Gasteiger partial charge in [-0.2, -0.15) is 5.10 Å². The zero-order chi connectivity index (χ0) is 20.5. The summed E-state index contributed by atoms with van der Waals surface area (Å²) in [5.74, 6) is -1.33. The first-order valence-electron chi connectivity index (χ1n) is 8.63. The van der Waals surface area contributed by atoms with Crippen molar-refractivity contribution in [2.24, 2.45) is 11.0 Å². The summed E-state index contributed by atoms with van der Waals surface area (Å²) >= 11 is 6.17. The van der Waals surface area contributed by atoms with Crippen LogP contribution >= 0.6 is 11.6 Å². The fraction of sp³-hybridized carbons (Fsp3) is 0.250. The first-order valence-corrected chi connectivity index (χ1v) is 9.01. The predicted molar refractivity (Wildman–Crippen MR) is 106 cm³/mol. The van der Waals surface area contributed by atoms with Crippen molar-refractivity contribution in [3.05, 3.63) is 64.4 Å². The molecule has 0 aliphatic carbocycles. The molecule has 0 spiro atoms. The van der Waals surface area contributed by atoms with Crippen LogP contribution in [0.5, 0.6) is 5.75 Å². The van der Waals surface area contributed by atoms with Crippen LogP contribution in [0.4, 0.5) is 4.39 Å². The van der Waals surface area contributed by atoms with E-state index < -0.39 is 11.8 Å². The average Bonchev–Trinajstić information content (AvgIpc) is 2.66. The molecule has 2 aromatic carbocycles. The number of benzene rings is 2. The highest BCUT2D eigenvalue weighted by Gasteiger charge is 2.12. The number of carbonyl (C=O) groups excluding carboxylic acids is 2. The minimum absolute atomic E-state index is 0.0430. The molecular weight excluding hydrogens is 385 g/mol. The van der Waals surface area contributed by atoms with Crippen molar-refractivity contribution in [2.75, 3.05) is 6.54 Å². The summed E-state index contributed by atoms with van der Waals surface area (Å²) in [6, 6.07) is 11.2. The molecule has 0 atom stereocenters. The number of rotatable bonds is 7. The van der Waals surface area contributed by atoms with Crippen molar-refractivity contribution in [3.63, 3.8) is 0 Å². The molecule has 0 radical (unpaired) electrons. The van der Waals surface area contributed by atoms with Gasteiger partial charge in [-0.3, -0.25) is 9.59 Å². The van der Waals surface area contributed by atoms with Gasteiger partial charge in [0.2, 0.25) is 0 Å². The minimum atomic E-state index is -0.854. The molecule has 2 rings (SSSR count). The molecule has 0 aliphatic rings. The molecule has 0 heterocycles. The van der Waals surface area contributed by atoms with Crippen LogP contribution in [-0.4, -0.2) is 24.6 Å². The number of nitrogens with zero attached hydrogens (tertiary/aromatic N) is 1. The lowest BCUT2D eigenvalue weighted by molar-refractivity contribution is -0.139. The van der Waals surface area contributed by atoms with E-state index in [9.17, 15) is 14.0 Å². The number of ether oxygens (including phenoxy) is 1. The topological polar surface area (TPSA) is 79.8 Å². The molecular formula is C20H21ClFN3O3. The van der Waals surface area contributed by atoms with Crippen molar-refractivity contribution in [3.8, 4) is 5.75 Å². The third kappa shape index (κ3) is 6.66. The fourth-order valence-corrected chi connectivity index (χ4v) is 2.32. The Balaban J connectivity index is 1.89. The summed E-state index contributed by atoms with van der Waals surface area (Å²) in [4.78, 5) is 23.1. The number of amides is 2. The van der Waals surface area contributed by atoms with Crippen LogP contribution in [0.15, 0.2) is 47.6 Å². The summed E-state index contributed by atoms with van der Waals surface area (Å²) in [6.07, 6.45) is 1.35. The second-order valence-electron chi connectivity index (χ2n) is 6.37. The van der Waals surface area contributed by atoms with Gasteiger partial charge < -0.3 is 10.1 Å². The lowest BCUT2D eigenvalue weighted by atomic mass is 10.2. The second-order valence-corrected chi connectivity index (χ2v) is 6.78. The molecule has 0 unspecified atom stereocenters. The average molecular weight is 406 g/mol. The lowest BCUT2D eigenvalue weighted by Crippen LogP contribution is -2.39.